The molecule has 0 radical (unpaired) electrons. The fourth-order valence-electron chi connectivity index (χ4n) is 3.97. The highest BCUT2D eigenvalue weighted by molar-refractivity contribution is 7.99. The molecule has 1 fully saturated rings. The van der Waals surface area contributed by atoms with E-state index in [1.165, 1.54) is 24.1 Å². The number of carbonyl (C=O) groups is 2. The Morgan fingerprint density at radius 3 is 2.38 bits per heavy atom. The molecule has 1 aliphatic carbocycles. The standard InChI is InChI=1S/C26H33FN2O2S/c1-19-8-14-24(15-9-19)32-17-16-25(30)29(18-21-10-12-22(27)13-11-21)20(2)26(31)28-23-6-4-3-5-7-23/h8-15,20,23H,3-7,16-18H2,1-2H3,(H,28,31)/t20-/m1/s1. The first-order valence-electron chi connectivity index (χ1n) is 11.5. The smallest absolute Gasteiger partial charge is 0.242 e. The lowest BCUT2D eigenvalue weighted by Gasteiger charge is -2.31. The van der Waals surface area contributed by atoms with Crippen LogP contribution in [0.5, 0.6) is 0 Å². The topological polar surface area (TPSA) is 49.4 Å². The summed E-state index contributed by atoms with van der Waals surface area (Å²) >= 11 is 1.63. The third-order valence-corrected chi connectivity index (χ3v) is 7.00. The van der Waals surface area contributed by atoms with Gasteiger partial charge in [-0.1, -0.05) is 49.1 Å². The van der Waals surface area contributed by atoms with E-state index in [2.05, 4.69) is 29.6 Å². The minimum Gasteiger partial charge on any atom is -0.352 e. The summed E-state index contributed by atoms with van der Waals surface area (Å²) in [5, 5.41) is 3.14. The molecule has 0 saturated heterocycles. The van der Waals surface area contributed by atoms with Crippen LogP contribution in [-0.4, -0.2) is 34.6 Å². The molecule has 0 heterocycles. The molecule has 1 aliphatic rings. The molecule has 1 atom stereocenters. The zero-order chi connectivity index (χ0) is 22.9. The van der Waals surface area contributed by atoms with Crippen LogP contribution in [0.2, 0.25) is 0 Å². The molecular weight excluding hydrogens is 423 g/mol. The van der Waals surface area contributed by atoms with E-state index in [9.17, 15) is 14.0 Å². The Morgan fingerprint density at radius 2 is 1.72 bits per heavy atom. The monoisotopic (exact) mass is 456 g/mol. The van der Waals surface area contributed by atoms with Crippen molar-refractivity contribution in [3.8, 4) is 0 Å². The first-order chi connectivity index (χ1) is 15.4. The van der Waals surface area contributed by atoms with E-state index in [0.29, 0.717) is 12.2 Å². The number of nitrogens with zero attached hydrogens (tertiary/aromatic N) is 1. The minimum absolute atomic E-state index is 0.0692. The molecule has 0 aliphatic heterocycles. The molecule has 6 heteroatoms. The fraction of sp³-hybridized carbons (Fsp3) is 0.462. The molecule has 2 amide bonds. The maximum Gasteiger partial charge on any atom is 0.242 e. The van der Waals surface area contributed by atoms with Crippen molar-refractivity contribution < 1.29 is 14.0 Å². The van der Waals surface area contributed by atoms with Gasteiger partial charge in [0.15, 0.2) is 0 Å². The average Bonchev–Trinajstić information content (AvgIpc) is 2.80. The van der Waals surface area contributed by atoms with E-state index in [1.807, 2.05) is 6.92 Å². The van der Waals surface area contributed by atoms with E-state index in [0.717, 1.165) is 36.1 Å². The van der Waals surface area contributed by atoms with E-state index in [1.54, 1.807) is 35.7 Å². The van der Waals surface area contributed by atoms with Gasteiger partial charge in [0.25, 0.3) is 0 Å². The Morgan fingerprint density at radius 1 is 1.06 bits per heavy atom. The van der Waals surface area contributed by atoms with Crippen molar-refractivity contribution in [3.63, 3.8) is 0 Å². The van der Waals surface area contributed by atoms with Gasteiger partial charge in [-0.05, 0) is 56.5 Å². The van der Waals surface area contributed by atoms with Gasteiger partial charge < -0.3 is 10.2 Å². The van der Waals surface area contributed by atoms with E-state index >= 15 is 0 Å². The Bertz CT molecular complexity index is 880. The van der Waals surface area contributed by atoms with E-state index < -0.39 is 6.04 Å². The van der Waals surface area contributed by atoms with Crippen LogP contribution in [0.25, 0.3) is 0 Å². The van der Waals surface area contributed by atoms with Crippen molar-refractivity contribution in [2.24, 2.45) is 0 Å². The molecular formula is C26H33FN2O2S. The van der Waals surface area contributed by atoms with Gasteiger partial charge in [0.2, 0.25) is 11.8 Å². The number of benzene rings is 2. The lowest BCUT2D eigenvalue weighted by molar-refractivity contribution is -0.140. The van der Waals surface area contributed by atoms with Crippen LogP contribution in [0.15, 0.2) is 53.4 Å². The van der Waals surface area contributed by atoms with Crippen LogP contribution in [0, 0.1) is 12.7 Å². The zero-order valence-electron chi connectivity index (χ0n) is 19.0. The second-order valence-corrected chi connectivity index (χ2v) is 9.75. The molecule has 1 saturated carbocycles. The zero-order valence-corrected chi connectivity index (χ0v) is 19.8. The highest BCUT2D eigenvalue weighted by Crippen LogP contribution is 2.21. The molecule has 1 N–H and O–H groups in total. The Balaban J connectivity index is 1.64. The number of hydrogen-bond acceptors (Lipinski definition) is 3. The Labute approximate surface area is 195 Å². The molecule has 0 spiro atoms. The molecule has 32 heavy (non-hydrogen) atoms. The third-order valence-electron chi connectivity index (χ3n) is 5.99. The van der Waals surface area contributed by atoms with Crippen molar-refractivity contribution in [2.45, 2.75) is 75.9 Å². The van der Waals surface area contributed by atoms with Crippen LogP contribution < -0.4 is 5.32 Å². The number of hydrogen-bond donors (Lipinski definition) is 1. The van der Waals surface area contributed by atoms with Crippen molar-refractivity contribution in [1.29, 1.82) is 0 Å². The molecule has 4 nitrogen and oxygen atoms in total. The first-order valence-corrected chi connectivity index (χ1v) is 12.4. The number of amides is 2. The van der Waals surface area contributed by atoms with Crippen LogP contribution in [0.1, 0.15) is 56.6 Å². The number of halogens is 1. The van der Waals surface area contributed by atoms with Gasteiger partial charge in [-0.2, -0.15) is 0 Å². The van der Waals surface area contributed by atoms with E-state index in [4.69, 9.17) is 0 Å². The molecule has 0 unspecified atom stereocenters. The predicted octanol–water partition coefficient (Wildman–Crippen LogP) is 5.48. The summed E-state index contributed by atoms with van der Waals surface area (Å²) in [6, 6.07) is 14.0. The highest BCUT2D eigenvalue weighted by Gasteiger charge is 2.27. The normalized spacial score (nSPS) is 15.2. The second-order valence-electron chi connectivity index (χ2n) is 8.58. The van der Waals surface area contributed by atoms with Gasteiger partial charge in [0.1, 0.15) is 11.9 Å². The van der Waals surface area contributed by atoms with Gasteiger partial charge in [0.05, 0.1) is 0 Å². The van der Waals surface area contributed by atoms with Gasteiger partial charge >= 0.3 is 0 Å². The van der Waals surface area contributed by atoms with Crippen molar-refractivity contribution >= 4 is 23.6 Å². The number of carbonyl (C=O) groups excluding carboxylic acids is 2. The van der Waals surface area contributed by atoms with Crippen LogP contribution in [0.4, 0.5) is 4.39 Å². The Kier molecular flexibility index (Phi) is 9.15. The highest BCUT2D eigenvalue weighted by atomic mass is 32.2. The maximum atomic E-state index is 13.3. The number of rotatable bonds is 9. The molecule has 172 valence electrons. The first kappa shape index (κ1) is 24.3. The second kappa shape index (κ2) is 12.0. The largest absolute Gasteiger partial charge is 0.352 e. The van der Waals surface area contributed by atoms with Crippen LogP contribution >= 0.6 is 11.8 Å². The third kappa shape index (κ3) is 7.37. The maximum absolute atomic E-state index is 13.3. The lowest BCUT2D eigenvalue weighted by atomic mass is 9.95. The number of nitrogens with one attached hydrogen (secondary N) is 1. The summed E-state index contributed by atoms with van der Waals surface area (Å²) < 4.78 is 13.3. The van der Waals surface area contributed by atoms with Gasteiger partial charge in [0, 0.05) is 29.7 Å². The van der Waals surface area contributed by atoms with E-state index in [-0.39, 0.29) is 30.2 Å². The van der Waals surface area contributed by atoms with Crippen molar-refractivity contribution in [2.75, 3.05) is 5.75 Å². The predicted molar refractivity (Wildman–Crippen MR) is 128 cm³/mol. The van der Waals surface area contributed by atoms with Gasteiger partial charge in [-0.15, -0.1) is 11.8 Å². The van der Waals surface area contributed by atoms with Gasteiger partial charge in [-0.3, -0.25) is 9.59 Å². The lowest BCUT2D eigenvalue weighted by Crippen LogP contribution is -2.50. The molecule has 3 rings (SSSR count). The number of thioether (sulfide) groups is 1. The summed E-state index contributed by atoms with van der Waals surface area (Å²) in [6.45, 7) is 4.12. The SMILES string of the molecule is Cc1ccc(SCCC(=O)N(Cc2ccc(F)cc2)[C@H](C)C(=O)NC2CCCCC2)cc1. The molecule has 0 aromatic heterocycles. The van der Waals surface area contributed by atoms with Gasteiger partial charge in [-0.25, -0.2) is 4.39 Å². The van der Waals surface area contributed by atoms with Crippen LogP contribution in [-0.2, 0) is 16.1 Å². The molecule has 2 aromatic rings. The summed E-state index contributed by atoms with van der Waals surface area (Å²) in [4.78, 5) is 28.9. The summed E-state index contributed by atoms with van der Waals surface area (Å²) in [5.41, 5.74) is 2.01. The minimum atomic E-state index is -0.584. The fourth-order valence-corrected chi connectivity index (χ4v) is 4.81. The van der Waals surface area contributed by atoms with Crippen molar-refractivity contribution in [1.82, 2.24) is 10.2 Å². The molecule has 2 aromatic carbocycles. The summed E-state index contributed by atoms with van der Waals surface area (Å²) in [6.07, 6.45) is 5.81. The average molecular weight is 457 g/mol. The van der Waals surface area contributed by atoms with Crippen molar-refractivity contribution in [3.05, 3.63) is 65.5 Å². The molecule has 0 bridgehead atoms. The summed E-state index contributed by atoms with van der Waals surface area (Å²) in [5.74, 6) is 0.140. The summed E-state index contributed by atoms with van der Waals surface area (Å²) in [7, 11) is 0. The Hall–Kier alpha value is -2.34. The van der Waals surface area contributed by atoms with Crippen LogP contribution in [0.3, 0.4) is 0 Å². The quantitative estimate of drug-likeness (QED) is 0.508. The number of aryl methyl sites for hydroxylation is 1.